The summed E-state index contributed by atoms with van der Waals surface area (Å²) in [4.78, 5) is 4.62. The fourth-order valence-electron chi connectivity index (χ4n) is 5.27. The highest BCUT2D eigenvalue weighted by molar-refractivity contribution is 5.44. The Hall–Kier alpha value is -1.83. The van der Waals surface area contributed by atoms with Crippen molar-refractivity contribution >= 4 is 0 Å². The van der Waals surface area contributed by atoms with Gasteiger partial charge < -0.3 is 4.74 Å². The van der Waals surface area contributed by atoms with Gasteiger partial charge in [-0.25, -0.2) is 0 Å². The fourth-order valence-corrected chi connectivity index (χ4v) is 5.27. The van der Waals surface area contributed by atoms with Crippen molar-refractivity contribution in [3.8, 4) is 5.75 Å². The summed E-state index contributed by atoms with van der Waals surface area (Å²) in [5.74, 6) is 4.06. The summed E-state index contributed by atoms with van der Waals surface area (Å²) in [6, 6.07) is 13.0. The smallest absolute Gasteiger partial charge is 0.144 e. The second kappa shape index (κ2) is 4.58. The molecule has 2 bridgehead atoms. The molecule has 0 N–H and O–H groups in total. The van der Waals surface area contributed by atoms with Crippen molar-refractivity contribution in [2.24, 2.45) is 17.8 Å². The first-order valence-corrected chi connectivity index (χ1v) is 8.49. The second-order valence-electron chi connectivity index (χ2n) is 7.27. The first-order valence-electron chi connectivity index (χ1n) is 8.49. The van der Waals surface area contributed by atoms with E-state index in [-0.39, 0.29) is 6.10 Å². The van der Waals surface area contributed by atoms with Crippen LogP contribution in [0.2, 0.25) is 0 Å². The van der Waals surface area contributed by atoms with Crippen LogP contribution in [0, 0.1) is 24.7 Å². The quantitative estimate of drug-likeness (QED) is 0.762. The summed E-state index contributed by atoms with van der Waals surface area (Å²) in [6.45, 7) is 2.15. The van der Waals surface area contributed by atoms with Crippen LogP contribution < -0.4 is 4.74 Å². The Morgan fingerprint density at radius 2 is 2.00 bits per heavy atom. The van der Waals surface area contributed by atoms with Gasteiger partial charge in [0.25, 0.3) is 0 Å². The Labute approximate surface area is 131 Å². The molecule has 2 aliphatic carbocycles. The Morgan fingerprint density at radius 3 is 2.86 bits per heavy atom. The molecule has 0 spiro atoms. The SMILES string of the molecule is Cc1ccc2c(c1)O[C@H](c1ccccn1)[C@@H]1[C@H]3CC[C@H](C3)[C@H]21. The van der Waals surface area contributed by atoms with Gasteiger partial charge >= 0.3 is 0 Å². The van der Waals surface area contributed by atoms with Crippen LogP contribution in [0.1, 0.15) is 48.1 Å². The van der Waals surface area contributed by atoms with Crippen molar-refractivity contribution in [1.29, 1.82) is 0 Å². The van der Waals surface area contributed by atoms with Gasteiger partial charge in [0.1, 0.15) is 11.9 Å². The second-order valence-corrected chi connectivity index (χ2v) is 7.27. The summed E-state index contributed by atoms with van der Waals surface area (Å²) >= 11 is 0. The number of aryl methyl sites for hydroxylation is 1. The molecule has 1 aromatic heterocycles. The minimum absolute atomic E-state index is 0.135. The molecular weight excluding hydrogens is 270 g/mol. The van der Waals surface area contributed by atoms with Gasteiger partial charge in [-0.05, 0) is 73.3 Å². The van der Waals surface area contributed by atoms with Crippen LogP contribution in [-0.4, -0.2) is 4.98 Å². The van der Waals surface area contributed by atoms with E-state index in [1.54, 1.807) is 0 Å². The molecule has 0 amide bonds. The largest absolute Gasteiger partial charge is 0.483 e. The van der Waals surface area contributed by atoms with E-state index >= 15 is 0 Å². The van der Waals surface area contributed by atoms with E-state index in [2.05, 4.69) is 42.2 Å². The first kappa shape index (κ1) is 12.7. The zero-order valence-electron chi connectivity index (χ0n) is 12.9. The van der Waals surface area contributed by atoms with Crippen LogP contribution in [0.4, 0.5) is 0 Å². The van der Waals surface area contributed by atoms with Gasteiger partial charge in [0, 0.05) is 12.1 Å². The monoisotopic (exact) mass is 291 g/mol. The molecule has 0 radical (unpaired) electrons. The average Bonchev–Trinajstić information content (AvgIpc) is 3.16. The Bertz CT molecular complexity index is 711. The van der Waals surface area contributed by atoms with E-state index in [1.807, 2.05) is 12.3 Å². The van der Waals surface area contributed by atoms with Crippen LogP contribution >= 0.6 is 0 Å². The molecule has 2 heterocycles. The maximum Gasteiger partial charge on any atom is 0.144 e. The van der Waals surface area contributed by atoms with Crippen molar-refractivity contribution < 1.29 is 4.74 Å². The lowest BCUT2D eigenvalue weighted by atomic mass is 9.70. The highest BCUT2D eigenvalue weighted by atomic mass is 16.5. The molecule has 3 aliphatic rings. The summed E-state index contributed by atoms with van der Waals surface area (Å²) in [5, 5.41) is 0. The highest BCUT2D eigenvalue weighted by Gasteiger charge is 2.55. The standard InChI is InChI=1S/C20H21NO/c1-12-5-8-15-17(10-12)22-20(16-4-2-3-9-21-16)19-14-7-6-13(11-14)18(15)19/h2-5,8-10,13-14,18-20H,6-7,11H2,1H3/t13-,14+,18-,19-,20-/m1/s1. The third-order valence-corrected chi connectivity index (χ3v) is 6.09. The predicted molar refractivity (Wildman–Crippen MR) is 85.8 cm³/mol. The summed E-state index contributed by atoms with van der Waals surface area (Å²) in [6.07, 6.45) is 6.19. The van der Waals surface area contributed by atoms with Gasteiger partial charge in [0.05, 0.1) is 5.69 Å². The van der Waals surface area contributed by atoms with E-state index in [0.29, 0.717) is 11.8 Å². The molecule has 112 valence electrons. The zero-order valence-corrected chi connectivity index (χ0v) is 12.9. The molecule has 5 atom stereocenters. The average molecular weight is 291 g/mol. The van der Waals surface area contributed by atoms with E-state index in [4.69, 9.17) is 4.74 Å². The number of aromatic nitrogens is 1. The first-order chi connectivity index (χ1) is 10.8. The number of nitrogens with zero attached hydrogens (tertiary/aromatic N) is 1. The predicted octanol–water partition coefficient (Wildman–Crippen LogP) is 4.65. The zero-order chi connectivity index (χ0) is 14.7. The van der Waals surface area contributed by atoms with Gasteiger partial charge in [0.2, 0.25) is 0 Å². The summed E-state index contributed by atoms with van der Waals surface area (Å²) < 4.78 is 6.50. The van der Waals surface area contributed by atoms with E-state index in [0.717, 1.165) is 23.3 Å². The molecule has 2 aromatic rings. The highest BCUT2D eigenvalue weighted by Crippen LogP contribution is 2.64. The fraction of sp³-hybridized carbons (Fsp3) is 0.450. The lowest BCUT2D eigenvalue weighted by molar-refractivity contribution is 0.0564. The van der Waals surface area contributed by atoms with Crippen LogP contribution in [0.15, 0.2) is 42.6 Å². The van der Waals surface area contributed by atoms with Crippen molar-refractivity contribution in [2.45, 2.75) is 38.2 Å². The van der Waals surface area contributed by atoms with Crippen LogP contribution in [0.3, 0.4) is 0 Å². The molecule has 1 aliphatic heterocycles. The molecule has 2 fully saturated rings. The van der Waals surface area contributed by atoms with Crippen LogP contribution in [0.5, 0.6) is 5.75 Å². The van der Waals surface area contributed by atoms with Gasteiger partial charge in [-0.3, -0.25) is 4.98 Å². The summed E-state index contributed by atoms with van der Waals surface area (Å²) in [5.41, 5.74) is 3.84. The third kappa shape index (κ3) is 1.70. The Kier molecular flexibility index (Phi) is 2.64. The molecule has 22 heavy (non-hydrogen) atoms. The lowest BCUT2D eigenvalue weighted by Gasteiger charge is -2.42. The van der Waals surface area contributed by atoms with E-state index < -0.39 is 0 Å². The number of pyridine rings is 1. The molecule has 2 heteroatoms. The topological polar surface area (TPSA) is 22.1 Å². The summed E-state index contributed by atoms with van der Waals surface area (Å²) in [7, 11) is 0. The molecule has 2 nitrogen and oxygen atoms in total. The van der Waals surface area contributed by atoms with Gasteiger partial charge in [0.15, 0.2) is 0 Å². The number of hydrogen-bond acceptors (Lipinski definition) is 2. The van der Waals surface area contributed by atoms with E-state index in [1.165, 1.54) is 30.4 Å². The lowest BCUT2D eigenvalue weighted by Crippen LogP contribution is -2.34. The maximum atomic E-state index is 6.50. The van der Waals surface area contributed by atoms with Gasteiger partial charge in [-0.1, -0.05) is 18.2 Å². The Balaban J connectivity index is 1.65. The number of rotatable bonds is 1. The van der Waals surface area contributed by atoms with Gasteiger partial charge in [-0.15, -0.1) is 0 Å². The molecular formula is C20H21NO. The molecule has 1 aromatic carbocycles. The molecule has 5 rings (SSSR count). The normalized spacial score (nSPS) is 34.9. The van der Waals surface area contributed by atoms with Crippen molar-refractivity contribution in [1.82, 2.24) is 4.98 Å². The molecule has 0 saturated heterocycles. The maximum absolute atomic E-state index is 6.50. The third-order valence-electron chi connectivity index (χ3n) is 6.09. The number of ether oxygens (including phenoxy) is 1. The van der Waals surface area contributed by atoms with Crippen LogP contribution in [-0.2, 0) is 0 Å². The number of hydrogen-bond donors (Lipinski definition) is 0. The number of fused-ring (bicyclic) bond motifs is 7. The van der Waals surface area contributed by atoms with Crippen molar-refractivity contribution in [2.75, 3.05) is 0 Å². The minimum Gasteiger partial charge on any atom is -0.483 e. The van der Waals surface area contributed by atoms with Crippen LogP contribution in [0.25, 0.3) is 0 Å². The van der Waals surface area contributed by atoms with Gasteiger partial charge in [-0.2, -0.15) is 0 Å². The molecule has 2 saturated carbocycles. The van der Waals surface area contributed by atoms with E-state index in [9.17, 15) is 0 Å². The van der Waals surface area contributed by atoms with Crippen molar-refractivity contribution in [3.63, 3.8) is 0 Å². The van der Waals surface area contributed by atoms with Crippen molar-refractivity contribution in [3.05, 3.63) is 59.4 Å². The Morgan fingerprint density at radius 1 is 1.09 bits per heavy atom. The minimum atomic E-state index is 0.135. The number of benzene rings is 1. The molecule has 0 unspecified atom stereocenters.